The van der Waals surface area contributed by atoms with Gasteiger partial charge >= 0.3 is 13.8 Å². The molecule has 0 spiro atoms. The lowest BCUT2D eigenvalue weighted by Gasteiger charge is -2.34. The summed E-state index contributed by atoms with van der Waals surface area (Å²) in [7, 11) is -2.27. The van der Waals surface area contributed by atoms with E-state index in [4.69, 9.17) is 4.74 Å². The standard InChI is InChI=1S/C25H29F3N5O7P/c1-29-22(36)16-5-3-4-6-18(16)31-21-17(25(26,27)28)14-30-23(33-21)32-19-8-7-15(13-20(19)40-2)24(9-11-34,10-12-35)41(37,38)39/h3-8,13-14,34-35H,9-12H2,1-2H3,(H,29,36)(H2,37,38,39)(H2,30,31,32,33). The number of aromatic nitrogens is 2. The van der Waals surface area contributed by atoms with Gasteiger partial charge in [-0.25, -0.2) is 4.98 Å². The third-order valence-electron chi connectivity index (χ3n) is 6.34. The number of rotatable bonds is 12. The molecule has 0 saturated heterocycles. The highest BCUT2D eigenvalue weighted by Crippen LogP contribution is 2.61. The highest BCUT2D eigenvalue weighted by atomic mass is 31.2. The summed E-state index contributed by atoms with van der Waals surface area (Å²) < 4.78 is 59.2. The fourth-order valence-corrected chi connectivity index (χ4v) is 5.50. The number of nitrogens with zero attached hydrogens (tertiary/aromatic N) is 2. The van der Waals surface area contributed by atoms with Crippen LogP contribution in [0.3, 0.4) is 0 Å². The van der Waals surface area contributed by atoms with Crippen LogP contribution in [-0.2, 0) is 15.9 Å². The van der Waals surface area contributed by atoms with Crippen LogP contribution in [0.1, 0.15) is 34.3 Å². The Bertz CT molecular complexity index is 1430. The number of alkyl halides is 3. The van der Waals surface area contributed by atoms with Crippen LogP contribution in [-0.4, -0.2) is 63.2 Å². The van der Waals surface area contributed by atoms with Crippen LogP contribution in [0.5, 0.6) is 5.75 Å². The van der Waals surface area contributed by atoms with Crippen molar-refractivity contribution in [1.82, 2.24) is 15.3 Å². The summed E-state index contributed by atoms with van der Waals surface area (Å²) >= 11 is 0. The number of hydrogen-bond donors (Lipinski definition) is 7. The molecule has 0 radical (unpaired) electrons. The lowest BCUT2D eigenvalue weighted by atomic mass is 9.91. The van der Waals surface area contributed by atoms with E-state index in [-0.39, 0.29) is 47.0 Å². The maximum Gasteiger partial charge on any atom is 0.421 e. The third kappa shape index (κ3) is 6.94. The first-order chi connectivity index (χ1) is 19.3. The number of para-hydroxylation sites is 1. The molecule has 222 valence electrons. The molecule has 2 aromatic carbocycles. The molecular weight excluding hydrogens is 570 g/mol. The van der Waals surface area contributed by atoms with Gasteiger partial charge in [-0.2, -0.15) is 18.2 Å². The Morgan fingerprint density at radius 2 is 1.68 bits per heavy atom. The maximum atomic E-state index is 13.8. The summed E-state index contributed by atoms with van der Waals surface area (Å²) in [6.45, 7) is -1.16. The first-order valence-electron chi connectivity index (χ1n) is 12.1. The number of hydrogen-bond acceptors (Lipinski definition) is 9. The van der Waals surface area contributed by atoms with Crippen LogP contribution in [0.15, 0.2) is 48.7 Å². The van der Waals surface area contributed by atoms with Crippen molar-refractivity contribution < 1.29 is 47.3 Å². The SMILES string of the molecule is CNC(=O)c1ccccc1Nc1nc(Nc2ccc(C(CCO)(CCO)P(=O)(O)O)cc2OC)ncc1C(F)(F)F. The van der Waals surface area contributed by atoms with Crippen molar-refractivity contribution in [3.63, 3.8) is 0 Å². The number of carbonyl (C=O) groups is 1. The minimum atomic E-state index is -4.91. The Morgan fingerprint density at radius 3 is 2.24 bits per heavy atom. The largest absolute Gasteiger partial charge is 0.495 e. The molecule has 1 heterocycles. The minimum absolute atomic E-state index is 0.0270. The monoisotopic (exact) mass is 599 g/mol. The Hall–Kier alpha value is -3.75. The number of halogens is 3. The first kappa shape index (κ1) is 31.8. The van der Waals surface area contributed by atoms with E-state index < -0.39 is 49.4 Å². The van der Waals surface area contributed by atoms with E-state index in [1.807, 2.05) is 0 Å². The van der Waals surface area contributed by atoms with E-state index in [1.54, 1.807) is 6.07 Å². The number of carbonyl (C=O) groups excluding carboxylic acids is 1. The van der Waals surface area contributed by atoms with Gasteiger partial charge < -0.3 is 40.7 Å². The predicted molar refractivity (Wildman–Crippen MR) is 144 cm³/mol. The molecule has 0 atom stereocenters. The Balaban J connectivity index is 2.06. The molecule has 7 N–H and O–H groups in total. The molecule has 0 unspecified atom stereocenters. The zero-order chi connectivity index (χ0) is 30.4. The van der Waals surface area contributed by atoms with Crippen LogP contribution in [0.25, 0.3) is 0 Å². The van der Waals surface area contributed by atoms with Gasteiger partial charge in [0.15, 0.2) is 0 Å². The number of aliphatic hydroxyl groups excluding tert-OH is 2. The molecule has 0 fully saturated rings. The molecule has 0 aliphatic heterocycles. The molecule has 0 aliphatic carbocycles. The second kappa shape index (κ2) is 12.8. The summed E-state index contributed by atoms with van der Waals surface area (Å²) in [6, 6.07) is 9.88. The smallest absolute Gasteiger partial charge is 0.421 e. The van der Waals surface area contributed by atoms with Crippen molar-refractivity contribution in [3.05, 3.63) is 65.4 Å². The first-order valence-corrected chi connectivity index (χ1v) is 13.7. The van der Waals surface area contributed by atoms with E-state index in [2.05, 4.69) is 25.9 Å². The molecule has 12 nitrogen and oxygen atoms in total. The number of aliphatic hydroxyl groups is 2. The minimum Gasteiger partial charge on any atom is -0.495 e. The number of methoxy groups -OCH3 is 1. The number of nitrogens with one attached hydrogen (secondary N) is 3. The van der Waals surface area contributed by atoms with E-state index in [1.165, 1.54) is 50.6 Å². The second-order valence-corrected chi connectivity index (χ2v) is 10.7. The molecule has 1 aromatic heterocycles. The molecule has 0 aliphatic rings. The fraction of sp³-hybridized carbons (Fsp3) is 0.320. The zero-order valence-corrected chi connectivity index (χ0v) is 22.8. The van der Waals surface area contributed by atoms with Crippen molar-refractivity contribution in [2.24, 2.45) is 0 Å². The van der Waals surface area contributed by atoms with Gasteiger partial charge in [0, 0.05) is 26.5 Å². The summed E-state index contributed by atoms with van der Waals surface area (Å²) in [5.41, 5.74) is -0.854. The number of benzene rings is 2. The van der Waals surface area contributed by atoms with E-state index in [0.717, 1.165) is 0 Å². The Labute approximate surface area is 232 Å². The van der Waals surface area contributed by atoms with Crippen molar-refractivity contribution >= 4 is 36.6 Å². The molecule has 3 aromatic rings. The predicted octanol–water partition coefficient (Wildman–Crippen LogP) is 3.49. The van der Waals surface area contributed by atoms with Crippen LogP contribution in [0.2, 0.25) is 0 Å². The topological polar surface area (TPSA) is 186 Å². The summed E-state index contributed by atoms with van der Waals surface area (Å²) in [4.78, 5) is 40.2. The molecule has 1 amide bonds. The van der Waals surface area contributed by atoms with Gasteiger partial charge in [-0.05, 0) is 42.7 Å². The van der Waals surface area contributed by atoms with E-state index in [0.29, 0.717) is 6.20 Å². The third-order valence-corrected chi connectivity index (χ3v) is 8.16. The Morgan fingerprint density at radius 1 is 1.02 bits per heavy atom. The van der Waals surface area contributed by atoms with Gasteiger partial charge in [-0.3, -0.25) is 9.36 Å². The highest BCUT2D eigenvalue weighted by Gasteiger charge is 2.47. The van der Waals surface area contributed by atoms with Crippen molar-refractivity contribution in [1.29, 1.82) is 0 Å². The number of amides is 1. The van der Waals surface area contributed by atoms with Gasteiger partial charge in [0.2, 0.25) is 5.95 Å². The molecule has 41 heavy (non-hydrogen) atoms. The van der Waals surface area contributed by atoms with Crippen molar-refractivity contribution in [3.8, 4) is 5.75 Å². The van der Waals surface area contributed by atoms with Gasteiger partial charge in [0.1, 0.15) is 22.3 Å². The zero-order valence-electron chi connectivity index (χ0n) is 21.9. The van der Waals surface area contributed by atoms with E-state index in [9.17, 15) is 42.5 Å². The number of ether oxygens (including phenoxy) is 1. The van der Waals surface area contributed by atoms with Crippen molar-refractivity contribution in [2.75, 3.05) is 38.0 Å². The van der Waals surface area contributed by atoms with Gasteiger partial charge in [-0.1, -0.05) is 18.2 Å². The van der Waals surface area contributed by atoms with E-state index >= 15 is 0 Å². The Kier molecular flexibility index (Phi) is 9.94. The lowest BCUT2D eigenvalue weighted by molar-refractivity contribution is -0.137. The second-order valence-electron chi connectivity index (χ2n) is 8.77. The summed E-state index contributed by atoms with van der Waals surface area (Å²) in [5, 5.41) is 24.8. The maximum absolute atomic E-state index is 13.8. The van der Waals surface area contributed by atoms with Crippen molar-refractivity contribution in [2.45, 2.75) is 24.2 Å². The van der Waals surface area contributed by atoms with Gasteiger partial charge in [-0.15, -0.1) is 0 Å². The lowest BCUT2D eigenvalue weighted by Crippen LogP contribution is -2.29. The molecular formula is C25H29F3N5O7P. The molecule has 0 saturated carbocycles. The summed E-state index contributed by atoms with van der Waals surface area (Å²) in [5.74, 6) is -1.45. The summed E-state index contributed by atoms with van der Waals surface area (Å²) in [6.07, 6.45) is -5.00. The van der Waals surface area contributed by atoms with Gasteiger partial charge in [0.05, 0.1) is 24.0 Å². The van der Waals surface area contributed by atoms with Gasteiger partial charge in [0.25, 0.3) is 5.91 Å². The molecule has 0 bridgehead atoms. The van der Waals surface area contributed by atoms with Crippen LogP contribution >= 0.6 is 7.60 Å². The number of anilines is 4. The van der Waals surface area contributed by atoms with Crippen LogP contribution in [0.4, 0.5) is 36.3 Å². The van der Waals surface area contributed by atoms with Crippen LogP contribution < -0.4 is 20.7 Å². The van der Waals surface area contributed by atoms with Crippen LogP contribution in [0, 0.1) is 0 Å². The quantitative estimate of drug-likeness (QED) is 0.151. The average Bonchev–Trinajstić information content (AvgIpc) is 2.91. The highest BCUT2D eigenvalue weighted by molar-refractivity contribution is 7.53. The molecule has 3 rings (SSSR count). The molecule has 16 heteroatoms. The fourth-order valence-electron chi connectivity index (χ4n) is 4.24. The normalized spacial score (nSPS) is 12.1. The average molecular weight is 600 g/mol.